The summed E-state index contributed by atoms with van der Waals surface area (Å²) in [6, 6.07) is 8.87. The minimum Gasteiger partial charge on any atom is -0.480 e. The van der Waals surface area contributed by atoms with E-state index in [2.05, 4.69) is 15.5 Å². The van der Waals surface area contributed by atoms with Crippen molar-refractivity contribution in [3.63, 3.8) is 0 Å². The molecule has 0 radical (unpaired) electrons. The first kappa shape index (κ1) is 13.2. The summed E-state index contributed by atoms with van der Waals surface area (Å²) in [5.74, 6) is -1.10. The van der Waals surface area contributed by atoms with Crippen molar-refractivity contribution in [1.82, 2.24) is 20.2 Å². The molecular formula is C14H11FN4O2. The number of carboxylic acids is 1. The molecule has 21 heavy (non-hydrogen) atoms. The quantitative estimate of drug-likeness (QED) is 0.798. The fraction of sp³-hybridized carbons (Fsp3) is 0.143. The predicted octanol–water partition coefficient (Wildman–Crippen LogP) is 2.28. The van der Waals surface area contributed by atoms with Crippen LogP contribution in [0.5, 0.6) is 0 Å². The van der Waals surface area contributed by atoms with Gasteiger partial charge in [-0.25, -0.2) is 13.9 Å². The number of aromatic nitrogens is 4. The van der Waals surface area contributed by atoms with Crippen molar-refractivity contribution in [2.75, 3.05) is 0 Å². The summed E-state index contributed by atoms with van der Waals surface area (Å²) < 4.78 is 15.1. The SMILES string of the molecule is CC(C(=O)O)n1nnnc1-c1ccc(F)c2ccccc12. The number of hydrogen-bond acceptors (Lipinski definition) is 4. The molecule has 1 unspecified atom stereocenters. The zero-order chi connectivity index (χ0) is 15.0. The first-order chi connectivity index (χ1) is 10.1. The minimum atomic E-state index is -1.05. The molecule has 6 nitrogen and oxygen atoms in total. The van der Waals surface area contributed by atoms with Crippen LogP contribution in [0.1, 0.15) is 13.0 Å². The van der Waals surface area contributed by atoms with Crippen molar-refractivity contribution < 1.29 is 14.3 Å². The highest BCUT2D eigenvalue weighted by Crippen LogP contribution is 2.29. The van der Waals surface area contributed by atoms with E-state index in [9.17, 15) is 9.18 Å². The Morgan fingerprint density at radius 2 is 1.95 bits per heavy atom. The second-order valence-electron chi connectivity index (χ2n) is 4.60. The fourth-order valence-corrected chi connectivity index (χ4v) is 2.19. The van der Waals surface area contributed by atoms with Crippen LogP contribution in [-0.4, -0.2) is 31.3 Å². The lowest BCUT2D eigenvalue weighted by molar-refractivity contribution is -0.140. The van der Waals surface area contributed by atoms with Gasteiger partial charge in [-0.3, -0.25) is 0 Å². The van der Waals surface area contributed by atoms with Crippen molar-refractivity contribution in [3.8, 4) is 11.4 Å². The van der Waals surface area contributed by atoms with Gasteiger partial charge in [-0.2, -0.15) is 0 Å². The molecule has 0 aliphatic rings. The average Bonchev–Trinajstić information content (AvgIpc) is 2.96. The van der Waals surface area contributed by atoms with Crippen LogP contribution in [0.4, 0.5) is 4.39 Å². The molecule has 1 N–H and O–H groups in total. The lowest BCUT2D eigenvalue weighted by Crippen LogP contribution is -2.18. The molecule has 0 aliphatic carbocycles. The molecule has 1 atom stereocenters. The number of carbonyl (C=O) groups is 1. The van der Waals surface area contributed by atoms with Gasteiger partial charge in [0, 0.05) is 10.9 Å². The fourth-order valence-electron chi connectivity index (χ4n) is 2.19. The molecule has 0 aliphatic heterocycles. The van der Waals surface area contributed by atoms with E-state index in [0.717, 1.165) is 0 Å². The highest BCUT2D eigenvalue weighted by atomic mass is 19.1. The van der Waals surface area contributed by atoms with Crippen molar-refractivity contribution in [1.29, 1.82) is 0 Å². The Bertz CT molecular complexity index is 831. The Labute approximate surface area is 118 Å². The van der Waals surface area contributed by atoms with Gasteiger partial charge in [-0.1, -0.05) is 24.3 Å². The molecule has 1 heterocycles. The molecule has 0 saturated carbocycles. The largest absolute Gasteiger partial charge is 0.480 e. The molecular weight excluding hydrogens is 275 g/mol. The smallest absolute Gasteiger partial charge is 0.328 e. The molecule has 0 spiro atoms. The third-order valence-electron chi connectivity index (χ3n) is 3.33. The summed E-state index contributed by atoms with van der Waals surface area (Å²) >= 11 is 0. The molecule has 3 aromatic rings. The topological polar surface area (TPSA) is 80.9 Å². The number of tetrazole rings is 1. The molecule has 3 rings (SSSR count). The van der Waals surface area contributed by atoms with Gasteiger partial charge < -0.3 is 5.11 Å². The minimum absolute atomic E-state index is 0.293. The van der Waals surface area contributed by atoms with Crippen LogP contribution >= 0.6 is 0 Å². The van der Waals surface area contributed by atoms with E-state index < -0.39 is 12.0 Å². The normalized spacial score (nSPS) is 12.5. The highest BCUT2D eigenvalue weighted by molar-refractivity contribution is 5.95. The van der Waals surface area contributed by atoms with E-state index in [1.54, 1.807) is 30.3 Å². The van der Waals surface area contributed by atoms with Gasteiger partial charge in [0.25, 0.3) is 0 Å². The zero-order valence-electron chi connectivity index (χ0n) is 11.1. The van der Waals surface area contributed by atoms with Gasteiger partial charge in [0.2, 0.25) is 0 Å². The number of rotatable bonds is 3. The van der Waals surface area contributed by atoms with Gasteiger partial charge in [-0.15, -0.1) is 5.10 Å². The lowest BCUT2D eigenvalue weighted by atomic mass is 10.0. The molecule has 0 saturated heterocycles. The summed E-state index contributed by atoms with van der Waals surface area (Å²) in [7, 11) is 0. The highest BCUT2D eigenvalue weighted by Gasteiger charge is 2.21. The predicted molar refractivity (Wildman–Crippen MR) is 73.1 cm³/mol. The summed E-state index contributed by atoms with van der Waals surface area (Å²) in [4.78, 5) is 11.1. The summed E-state index contributed by atoms with van der Waals surface area (Å²) in [6.45, 7) is 1.48. The monoisotopic (exact) mass is 286 g/mol. The molecule has 0 fully saturated rings. The van der Waals surface area contributed by atoms with E-state index in [1.807, 2.05) is 0 Å². The van der Waals surface area contributed by atoms with Gasteiger partial charge in [0.05, 0.1) is 0 Å². The maximum absolute atomic E-state index is 13.8. The van der Waals surface area contributed by atoms with E-state index in [-0.39, 0.29) is 5.82 Å². The lowest BCUT2D eigenvalue weighted by Gasteiger charge is -2.10. The molecule has 1 aromatic heterocycles. The summed E-state index contributed by atoms with van der Waals surface area (Å²) in [5.41, 5.74) is 0.588. The van der Waals surface area contributed by atoms with Crippen LogP contribution in [0.2, 0.25) is 0 Å². The van der Waals surface area contributed by atoms with Gasteiger partial charge in [-0.05, 0) is 34.9 Å². The van der Waals surface area contributed by atoms with Crippen LogP contribution < -0.4 is 0 Å². The molecule has 0 amide bonds. The van der Waals surface area contributed by atoms with Gasteiger partial charge in [0.1, 0.15) is 5.82 Å². The maximum atomic E-state index is 13.8. The first-order valence-corrected chi connectivity index (χ1v) is 6.28. The number of halogens is 1. The second-order valence-corrected chi connectivity index (χ2v) is 4.60. The number of fused-ring (bicyclic) bond motifs is 1. The number of hydrogen-bond donors (Lipinski definition) is 1. The number of nitrogens with zero attached hydrogens (tertiary/aromatic N) is 4. The van der Waals surface area contributed by atoms with E-state index in [1.165, 1.54) is 17.7 Å². The van der Waals surface area contributed by atoms with Crippen LogP contribution in [0.25, 0.3) is 22.2 Å². The van der Waals surface area contributed by atoms with Crippen LogP contribution in [-0.2, 0) is 4.79 Å². The third-order valence-corrected chi connectivity index (χ3v) is 3.33. The Hall–Kier alpha value is -2.83. The summed E-state index contributed by atoms with van der Waals surface area (Å²) in [5, 5.41) is 21.3. The summed E-state index contributed by atoms with van der Waals surface area (Å²) in [6.07, 6.45) is 0. The van der Waals surface area contributed by atoms with Crippen molar-refractivity contribution in [3.05, 3.63) is 42.2 Å². The average molecular weight is 286 g/mol. The third kappa shape index (κ3) is 2.12. The van der Waals surface area contributed by atoms with Crippen LogP contribution in [0.15, 0.2) is 36.4 Å². The molecule has 2 aromatic carbocycles. The number of carboxylic acid groups (broad SMARTS) is 1. The Morgan fingerprint density at radius 3 is 2.67 bits per heavy atom. The molecule has 7 heteroatoms. The molecule has 106 valence electrons. The standard InChI is InChI=1S/C14H11FN4O2/c1-8(14(20)21)19-13(16-17-18-19)11-6-7-12(15)10-5-3-2-4-9(10)11/h2-8H,1H3,(H,20,21). The van der Waals surface area contributed by atoms with E-state index >= 15 is 0 Å². The Kier molecular flexibility index (Phi) is 3.09. The van der Waals surface area contributed by atoms with E-state index in [4.69, 9.17) is 5.11 Å². The van der Waals surface area contributed by atoms with Crippen LogP contribution in [0, 0.1) is 5.82 Å². The van der Waals surface area contributed by atoms with Gasteiger partial charge >= 0.3 is 5.97 Å². The van der Waals surface area contributed by atoms with E-state index in [0.29, 0.717) is 22.2 Å². The van der Waals surface area contributed by atoms with Crippen molar-refractivity contribution in [2.45, 2.75) is 13.0 Å². The maximum Gasteiger partial charge on any atom is 0.328 e. The second kappa shape index (κ2) is 4.93. The van der Waals surface area contributed by atoms with Crippen molar-refractivity contribution in [2.24, 2.45) is 0 Å². The first-order valence-electron chi connectivity index (χ1n) is 6.28. The Balaban J connectivity index is 2.25. The van der Waals surface area contributed by atoms with Crippen molar-refractivity contribution >= 4 is 16.7 Å². The zero-order valence-corrected chi connectivity index (χ0v) is 11.1. The van der Waals surface area contributed by atoms with Gasteiger partial charge in [0.15, 0.2) is 11.9 Å². The van der Waals surface area contributed by atoms with Crippen LogP contribution in [0.3, 0.4) is 0 Å². The number of benzene rings is 2. The molecule has 0 bridgehead atoms. The Morgan fingerprint density at radius 1 is 1.24 bits per heavy atom. The number of aliphatic carboxylic acids is 1.